The van der Waals surface area contributed by atoms with Crippen LogP contribution in [0, 0.1) is 18.3 Å². The molecule has 0 spiro atoms. The van der Waals surface area contributed by atoms with E-state index >= 15 is 0 Å². The van der Waals surface area contributed by atoms with Crippen molar-refractivity contribution in [2.24, 2.45) is 0 Å². The fourth-order valence-corrected chi connectivity index (χ4v) is 3.35. The van der Waals surface area contributed by atoms with E-state index in [2.05, 4.69) is 30.0 Å². The Morgan fingerprint density at radius 3 is 2.88 bits per heavy atom. The first kappa shape index (κ1) is 14.9. The summed E-state index contributed by atoms with van der Waals surface area (Å²) in [6.45, 7) is 4.98. The van der Waals surface area contributed by atoms with E-state index in [0.717, 1.165) is 43.0 Å². The Morgan fingerprint density at radius 2 is 2.08 bits per heavy atom. The van der Waals surface area contributed by atoms with Crippen LogP contribution in [0.5, 0.6) is 0 Å². The third kappa shape index (κ3) is 2.91. The van der Waals surface area contributed by atoms with Crippen molar-refractivity contribution in [3.63, 3.8) is 0 Å². The minimum atomic E-state index is 0.357. The predicted octanol–water partition coefficient (Wildman–Crippen LogP) is 4.00. The van der Waals surface area contributed by atoms with Crippen LogP contribution in [0.3, 0.4) is 0 Å². The molecule has 1 saturated heterocycles. The third-order valence-corrected chi connectivity index (χ3v) is 4.67. The van der Waals surface area contributed by atoms with Gasteiger partial charge in [0.2, 0.25) is 0 Å². The number of oxazole rings is 1. The molecular weight excluding hydrogens is 298 g/mol. The van der Waals surface area contributed by atoms with Crippen LogP contribution in [0.1, 0.15) is 34.9 Å². The summed E-state index contributed by atoms with van der Waals surface area (Å²) >= 11 is 0. The zero-order valence-electron chi connectivity index (χ0n) is 13.7. The first-order valence-corrected chi connectivity index (χ1v) is 8.30. The van der Waals surface area contributed by atoms with E-state index in [-0.39, 0.29) is 0 Å². The summed E-state index contributed by atoms with van der Waals surface area (Å²) in [5.74, 6) is 1.22. The molecule has 0 aliphatic carbocycles. The van der Waals surface area contributed by atoms with Gasteiger partial charge in [0.05, 0.1) is 11.6 Å². The van der Waals surface area contributed by atoms with Crippen molar-refractivity contribution in [2.45, 2.75) is 25.8 Å². The highest BCUT2D eigenvalue weighted by molar-refractivity contribution is 5.73. The average molecular weight is 317 g/mol. The molecule has 1 atom stereocenters. The van der Waals surface area contributed by atoms with E-state index in [0.29, 0.717) is 11.5 Å². The van der Waals surface area contributed by atoms with Gasteiger partial charge < -0.3 is 4.42 Å². The number of fused-ring (bicyclic) bond motifs is 1. The standard InChI is InChI=1S/C20H19N3O/c1-14-2-7-19-18(10-14)22-20(24-19)17-8-9-23(13-17)12-16-5-3-15(11-21)4-6-16/h2-7,10,17H,8-9,12-13H2,1H3. The van der Waals surface area contributed by atoms with Crippen molar-refractivity contribution in [3.8, 4) is 6.07 Å². The summed E-state index contributed by atoms with van der Waals surface area (Å²) in [6, 6.07) is 16.1. The van der Waals surface area contributed by atoms with Crippen LogP contribution in [0.4, 0.5) is 0 Å². The molecule has 4 rings (SSSR count). The van der Waals surface area contributed by atoms with Gasteiger partial charge in [-0.1, -0.05) is 18.2 Å². The number of rotatable bonds is 3. The second kappa shape index (κ2) is 6.10. The molecule has 1 fully saturated rings. The van der Waals surface area contributed by atoms with Gasteiger partial charge in [-0.2, -0.15) is 5.26 Å². The number of nitrogens with zero attached hydrogens (tertiary/aromatic N) is 3. The molecular formula is C20H19N3O. The fourth-order valence-electron chi connectivity index (χ4n) is 3.35. The van der Waals surface area contributed by atoms with Crippen molar-refractivity contribution in [1.82, 2.24) is 9.88 Å². The highest BCUT2D eigenvalue weighted by Gasteiger charge is 2.27. The third-order valence-electron chi connectivity index (χ3n) is 4.67. The molecule has 3 aromatic rings. The van der Waals surface area contributed by atoms with Gasteiger partial charge in [-0.25, -0.2) is 4.98 Å². The minimum Gasteiger partial charge on any atom is -0.440 e. The molecule has 120 valence electrons. The molecule has 4 nitrogen and oxygen atoms in total. The minimum absolute atomic E-state index is 0.357. The van der Waals surface area contributed by atoms with Crippen LogP contribution >= 0.6 is 0 Å². The molecule has 4 heteroatoms. The predicted molar refractivity (Wildman–Crippen MR) is 92.5 cm³/mol. The molecule has 0 bridgehead atoms. The first-order chi connectivity index (χ1) is 11.7. The molecule has 0 N–H and O–H groups in total. The lowest BCUT2D eigenvalue weighted by Crippen LogP contribution is -2.19. The second-order valence-electron chi connectivity index (χ2n) is 6.55. The van der Waals surface area contributed by atoms with Crippen molar-refractivity contribution in [2.75, 3.05) is 13.1 Å². The highest BCUT2D eigenvalue weighted by atomic mass is 16.3. The molecule has 1 aliphatic heterocycles. The highest BCUT2D eigenvalue weighted by Crippen LogP contribution is 2.30. The van der Waals surface area contributed by atoms with E-state index in [1.54, 1.807) is 0 Å². The Balaban J connectivity index is 1.46. The summed E-state index contributed by atoms with van der Waals surface area (Å²) in [4.78, 5) is 7.11. The number of benzene rings is 2. The maximum Gasteiger partial charge on any atom is 0.199 e. The van der Waals surface area contributed by atoms with Crippen LogP contribution in [-0.2, 0) is 6.54 Å². The lowest BCUT2D eigenvalue weighted by molar-refractivity contribution is 0.321. The zero-order valence-corrected chi connectivity index (χ0v) is 13.7. The van der Waals surface area contributed by atoms with Crippen LogP contribution < -0.4 is 0 Å². The number of likely N-dealkylation sites (tertiary alicyclic amines) is 1. The Hall–Kier alpha value is -2.64. The Labute approximate surface area is 141 Å². The maximum atomic E-state index is 8.87. The largest absolute Gasteiger partial charge is 0.440 e. The molecule has 0 saturated carbocycles. The molecule has 0 amide bonds. The van der Waals surface area contributed by atoms with Crippen molar-refractivity contribution in [3.05, 3.63) is 65.0 Å². The van der Waals surface area contributed by atoms with Crippen molar-refractivity contribution < 1.29 is 4.42 Å². The monoisotopic (exact) mass is 317 g/mol. The first-order valence-electron chi connectivity index (χ1n) is 8.30. The van der Waals surface area contributed by atoms with Gasteiger partial charge in [-0.15, -0.1) is 0 Å². The fraction of sp³-hybridized carbons (Fsp3) is 0.300. The van der Waals surface area contributed by atoms with Gasteiger partial charge >= 0.3 is 0 Å². The molecule has 1 aliphatic rings. The van der Waals surface area contributed by atoms with Gasteiger partial charge in [-0.05, 0) is 55.3 Å². The summed E-state index contributed by atoms with van der Waals surface area (Å²) in [5.41, 5.74) is 4.98. The van der Waals surface area contributed by atoms with Gasteiger partial charge in [-0.3, -0.25) is 4.90 Å². The van der Waals surface area contributed by atoms with E-state index < -0.39 is 0 Å². The number of hydrogen-bond donors (Lipinski definition) is 0. The Bertz CT molecular complexity index is 905. The van der Waals surface area contributed by atoms with Crippen molar-refractivity contribution in [1.29, 1.82) is 5.26 Å². The summed E-state index contributed by atoms with van der Waals surface area (Å²) in [5, 5.41) is 8.87. The molecule has 24 heavy (non-hydrogen) atoms. The Morgan fingerprint density at radius 1 is 1.25 bits per heavy atom. The lowest BCUT2D eigenvalue weighted by Gasteiger charge is -2.15. The van der Waals surface area contributed by atoms with Gasteiger partial charge in [0.15, 0.2) is 11.5 Å². The zero-order chi connectivity index (χ0) is 16.5. The molecule has 0 radical (unpaired) electrons. The summed E-state index contributed by atoms with van der Waals surface area (Å²) in [7, 11) is 0. The van der Waals surface area contributed by atoms with Gasteiger partial charge in [0, 0.05) is 19.0 Å². The van der Waals surface area contributed by atoms with E-state index in [4.69, 9.17) is 14.7 Å². The van der Waals surface area contributed by atoms with Crippen LogP contribution in [0.2, 0.25) is 0 Å². The smallest absolute Gasteiger partial charge is 0.199 e. The van der Waals surface area contributed by atoms with Gasteiger partial charge in [0.1, 0.15) is 5.52 Å². The van der Waals surface area contributed by atoms with E-state index in [9.17, 15) is 0 Å². The number of aromatic nitrogens is 1. The normalized spacial score (nSPS) is 18.1. The topological polar surface area (TPSA) is 53.1 Å². The average Bonchev–Trinajstić information content (AvgIpc) is 3.21. The second-order valence-corrected chi connectivity index (χ2v) is 6.55. The molecule has 2 aromatic carbocycles. The maximum absolute atomic E-state index is 8.87. The molecule has 1 aromatic heterocycles. The lowest BCUT2D eigenvalue weighted by atomic mass is 10.1. The van der Waals surface area contributed by atoms with Crippen LogP contribution in [-0.4, -0.2) is 23.0 Å². The summed E-state index contributed by atoms with van der Waals surface area (Å²) in [6.07, 6.45) is 1.07. The van der Waals surface area contributed by atoms with Crippen LogP contribution in [0.15, 0.2) is 46.9 Å². The molecule has 2 heterocycles. The van der Waals surface area contributed by atoms with E-state index in [1.807, 2.05) is 30.3 Å². The van der Waals surface area contributed by atoms with Gasteiger partial charge in [0.25, 0.3) is 0 Å². The number of nitriles is 1. The number of hydrogen-bond acceptors (Lipinski definition) is 4. The van der Waals surface area contributed by atoms with Crippen LogP contribution in [0.25, 0.3) is 11.1 Å². The SMILES string of the molecule is Cc1ccc2oc(C3CCN(Cc4ccc(C#N)cc4)C3)nc2c1. The number of aryl methyl sites for hydroxylation is 1. The molecule has 1 unspecified atom stereocenters. The van der Waals surface area contributed by atoms with Crippen molar-refractivity contribution >= 4 is 11.1 Å². The van der Waals surface area contributed by atoms with E-state index in [1.165, 1.54) is 11.1 Å². The summed E-state index contributed by atoms with van der Waals surface area (Å²) < 4.78 is 5.96. The Kier molecular flexibility index (Phi) is 3.79. The quantitative estimate of drug-likeness (QED) is 0.733.